The predicted octanol–water partition coefficient (Wildman–Crippen LogP) is -0.637. The van der Waals surface area contributed by atoms with E-state index in [-0.39, 0.29) is 30.8 Å². The van der Waals surface area contributed by atoms with Crippen molar-refractivity contribution in [2.45, 2.75) is 38.0 Å². The van der Waals surface area contributed by atoms with Gasteiger partial charge in [0.25, 0.3) is 0 Å². The highest BCUT2D eigenvalue weighted by molar-refractivity contribution is 5.78. The standard InChI is InChI=1S/C13H24N2O4/c1-10-9-19-12(8-16)6-15(10)7-13(17)14-5-11-3-2-4-18-11/h10-12,16H,2-9H2,1H3,(H,14,17). The lowest BCUT2D eigenvalue weighted by atomic mass is 10.2. The number of hydrogen-bond acceptors (Lipinski definition) is 5. The Balaban J connectivity index is 1.70. The highest BCUT2D eigenvalue weighted by Crippen LogP contribution is 2.12. The Morgan fingerprint density at radius 1 is 1.42 bits per heavy atom. The molecule has 0 aromatic carbocycles. The summed E-state index contributed by atoms with van der Waals surface area (Å²) in [5, 5.41) is 12.0. The Kier molecular flexibility index (Phi) is 5.57. The van der Waals surface area contributed by atoms with Crippen molar-refractivity contribution in [3.63, 3.8) is 0 Å². The number of amides is 1. The topological polar surface area (TPSA) is 71.0 Å². The minimum absolute atomic E-state index is 0.000747. The van der Waals surface area contributed by atoms with Crippen LogP contribution >= 0.6 is 0 Å². The fraction of sp³-hybridized carbons (Fsp3) is 0.923. The first-order valence-corrected chi connectivity index (χ1v) is 7.04. The molecule has 2 fully saturated rings. The Morgan fingerprint density at radius 2 is 2.26 bits per heavy atom. The zero-order chi connectivity index (χ0) is 13.7. The van der Waals surface area contributed by atoms with E-state index in [9.17, 15) is 4.79 Å². The van der Waals surface area contributed by atoms with E-state index in [0.29, 0.717) is 26.2 Å². The fourth-order valence-electron chi connectivity index (χ4n) is 2.48. The summed E-state index contributed by atoms with van der Waals surface area (Å²) >= 11 is 0. The van der Waals surface area contributed by atoms with Gasteiger partial charge in [-0.3, -0.25) is 9.69 Å². The summed E-state index contributed by atoms with van der Waals surface area (Å²) in [5.74, 6) is 0.0148. The van der Waals surface area contributed by atoms with Crippen LogP contribution in [0.25, 0.3) is 0 Å². The summed E-state index contributed by atoms with van der Waals surface area (Å²) in [6.07, 6.45) is 2.11. The van der Waals surface area contributed by atoms with Crippen LogP contribution in [0, 0.1) is 0 Å². The molecule has 0 radical (unpaired) electrons. The van der Waals surface area contributed by atoms with Gasteiger partial charge in [-0.1, -0.05) is 0 Å². The van der Waals surface area contributed by atoms with Crippen LogP contribution in [0.4, 0.5) is 0 Å². The van der Waals surface area contributed by atoms with Gasteiger partial charge in [0.1, 0.15) is 0 Å². The highest BCUT2D eigenvalue weighted by Gasteiger charge is 2.27. The maximum Gasteiger partial charge on any atom is 0.234 e. The van der Waals surface area contributed by atoms with Crippen LogP contribution in [0.15, 0.2) is 0 Å². The molecule has 2 saturated heterocycles. The second-order valence-corrected chi connectivity index (χ2v) is 5.36. The quantitative estimate of drug-likeness (QED) is 0.697. The van der Waals surface area contributed by atoms with Gasteiger partial charge in [-0.2, -0.15) is 0 Å². The summed E-state index contributed by atoms with van der Waals surface area (Å²) in [4.78, 5) is 13.9. The molecule has 2 aliphatic rings. The molecule has 6 heteroatoms. The average molecular weight is 272 g/mol. The van der Waals surface area contributed by atoms with Gasteiger partial charge in [-0.25, -0.2) is 0 Å². The minimum Gasteiger partial charge on any atom is -0.394 e. The van der Waals surface area contributed by atoms with Crippen molar-refractivity contribution >= 4 is 5.91 Å². The van der Waals surface area contributed by atoms with Gasteiger partial charge >= 0.3 is 0 Å². The van der Waals surface area contributed by atoms with E-state index in [1.165, 1.54) is 0 Å². The number of rotatable bonds is 5. The summed E-state index contributed by atoms with van der Waals surface area (Å²) in [6.45, 7) is 4.95. The van der Waals surface area contributed by atoms with Gasteiger partial charge < -0.3 is 19.9 Å². The number of ether oxygens (including phenoxy) is 2. The number of nitrogens with one attached hydrogen (secondary N) is 1. The SMILES string of the molecule is CC1COC(CO)CN1CC(=O)NCC1CCCO1. The molecule has 2 N–H and O–H groups in total. The second-order valence-electron chi connectivity index (χ2n) is 5.36. The van der Waals surface area contributed by atoms with Gasteiger partial charge in [-0.15, -0.1) is 0 Å². The van der Waals surface area contributed by atoms with Crippen molar-refractivity contribution in [2.24, 2.45) is 0 Å². The maximum atomic E-state index is 11.9. The maximum absolute atomic E-state index is 11.9. The number of nitrogens with zero attached hydrogens (tertiary/aromatic N) is 1. The molecule has 3 unspecified atom stereocenters. The number of hydrogen-bond donors (Lipinski definition) is 2. The molecule has 0 bridgehead atoms. The van der Waals surface area contributed by atoms with E-state index in [4.69, 9.17) is 14.6 Å². The van der Waals surface area contributed by atoms with Crippen LogP contribution in [0.2, 0.25) is 0 Å². The lowest BCUT2D eigenvalue weighted by Crippen LogP contribution is -2.52. The van der Waals surface area contributed by atoms with Crippen molar-refractivity contribution in [2.75, 3.05) is 39.5 Å². The molecular weight excluding hydrogens is 248 g/mol. The molecule has 0 saturated carbocycles. The molecule has 1 amide bonds. The summed E-state index contributed by atoms with van der Waals surface area (Å²) < 4.78 is 10.9. The molecule has 6 nitrogen and oxygen atoms in total. The number of carbonyl (C=O) groups excluding carboxylic acids is 1. The molecule has 0 aromatic rings. The zero-order valence-corrected chi connectivity index (χ0v) is 11.5. The Morgan fingerprint density at radius 3 is 2.95 bits per heavy atom. The molecule has 2 heterocycles. The largest absolute Gasteiger partial charge is 0.394 e. The molecular formula is C13H24N2O4. The summed E-state index contributed by atoms with van der Waals surface area (Å²) in [7, 11) is 0. The Labute approximate surface area is 114 Å². The van der Waals surface area contributed by atoms with E-state index < -0.39 is 0 Å². The van der Waals surface area contributed by atoms with Crippen LogP contribution in [0.3, 0.4) is 0 Å². The number of morpholine rings is 1. The van der Waals surface area contributed by atoms with Crippen molar-refractivity contribution in [1.29, 1.82) is 0 Å². The van der Waals surface area contributed by atoms with E-state index >= 15 is 0 Å². The van der Waals surface area contributed by atoms with Crippen LogP contribution in [-0.2, 0) is 14.3 Å². The van der Waals surface area contributed by atoms with Crippen LogP contribution in [0.5, 0.6) is 0 Å². The average Bonchev–Trinajstić information content (AvgIpc) is 2.92. The van der Waals surface area contributed by atoms with Crippen LogP contribution in [-0.4, -0.2) is 73.6 Å². The molecule has 0 aliphatic carbocycles. The molecule has 2 aliphatic heterocycles. The van der Waals surface area contributed by atoms with Gasteiger partial charge in [0.05, 0.1) is 32.0 Å². The smallest absolute Gasteiger partial charge is 0.234 e. The van der Waals surface area contributed by atoms with Crippen molar-refractivity contribution < 1.29 is 19.4 Å². The molecule has 0 spiro atoms. The third-order valence-electron chi connectivity index (χ3n) is 3.74. The predicted molar refractivity (Wildman–Crippen MR) is 69.8 cm³/mol. The second kappa shape index (κ2) is 7.19. The van der Waals surface area contributed by atoms with E-state index in [2.05, 4.69) is 10.2 Å². The molecule has 3 atom stereocenters. The third kappa shape index (κ3) is 4.42. The van der Waals surface area contributed by atoms with Crippen LogP contribution < -0.4 is 5.32 Å². The van der Waals surface area contributed by atoms with Crippen molar-refractivity contribution in [1.82, 2.24) is 10.2 Å². The van der Waals surface area contributed by atoms with Crippen molar-refractivity contribution in [3.8, 4) is 0 Å². The first-order chi connectivity index (χ1) is 9.19. The number of aliphatic hydroxyl groups excluding tert-OH is 1. The Bertz CT molecular complexity index is 294. The fourth-order valence-corrected chi connectivity index (χ4v) is 2.48. The van der Waals surface area contributed by atoms with Crippen LogP contribution in [0.1, 0.15) is 19.8 Å². The minimum atomic E-state index is -0.179. The Hall–Kier alpha value is -0.690. The lowest BCUT2D eigenvalue weighted by Gasteiger charge is -2.36. The zero-order valence-electron chi connectivity index (χ0n) is 11.5. The van der Waals surface area contributed by atoms with Gasteiger partial charge in [0.15, 0.2) is 0 Å². The van der Waals surface area contributed by atoms with Crippen molar-refractivity contribution in [3.05, 3.63) is 0 Å². The normalized spacial score (nSPS) is 32.4. The number of carbonyl (C=O) groups is 1. The molecule has 19 heavy (non-hydrogen) atoms. The monoisotopic (exact) mass is 272 g/mol. The summed E-state index contributed by atoms with van der Waals surface area (Å²) in [6, 6.07) is 0.205. The van der Waals surface area contributed by atoms with Gasteiger partial charge in [0.2, 0.25) is 5.91 Å². The van der Waals surface area contributed by atoms with E-state index in [0.717, 1.165) is 19.4 Å². The summed E-state index contributed by atoms with van der Waals surface area (Å²) in [5.41, 5.74) is 0. The number of aliphatic hydroxyl groups is 1. The van der Waals surface area contributed by atoms with Gasteiger partial charge in [-0.05, 0) is 19.8 Å². The highest BCUT2D eigenvalue weighted by atomic mass is 16.5. The third-order valence-corrected chi connectivity index (χ3v) is 3.74. The molecule has 2 rings (SSSR count). The van der Waals surface area contributed by atoms with E-state index in [1.807, 2.05) is 6.92 Å². The first-order valence-electron chi connectivity index (χ1n) is 7.04. The first kappa shape index (κ1) is 14.7. The molecule has 0 aromatic heterocycles. The van der Waals surface area contributed by atoms with Gasteiger partial charge in [0, 0.05) is 25.7 Å². The van der Waals surface area contributed by atoms with E-state index in [1.54, 1.807) is 0 Å². The lowest BCUT2D eigenvalue weighted by molar-refractivity contribution is -0.128. The molecule has 110 valence electrons.